The molecule has 3 rings (SSSR count). The number of rotatable bonds is 3. The number of benzene rings is 2. The van der Waals surface area contributed by atoms with Gasteiger partial charge in [-0.15, -0.1) is 0 Å². The van der Waals surface area contributed by atoms with Crippen LogP contribution in [0.2, 0.25) is 0 Å². The Hall–Kier alpha value is -2.66. The summed E-state index contributed by atoms with van der Waals surface area (Å²) in [5.41, 5.74) is 2.59. The number of para-hydroxylation sites is 2. The van der Waals surface area contributed by atoms with Crippen LogP contribution in [0, 0.1) is 0 Å². The van der Waals surface area contributed by atoms with Gasteiger partial charge in [-0.1, -0.05) is 36.4 Å². The van der Waals surface area contributed by atoms with Crippen LogP contribution in [0.4, 0.5) is 11.4 Å². The molecule has 2 aromatic rings. The fourth-order valence-corrected chi connectivity index (χ4v) is 2.04. The van der Waals surface area contributed by atoms with E-state index in [0.29, 0.717) is 13.1 Å². The minimum Gasteiger partial charge on any atom is -0.468 e. The lowest BCUT2D eigenvalue weighted by Gasteiger charge is -2.29. The SMILES string of the molecule is CCOC=O.OC1c2ccccc2N=CN1c1ccccc1. The van der Waals surface area contributed by atoms with Crippen LogP contribution >= 0.6 is 0 Å². The standard InChI is InChI=1S/C14H12N2O.C3H6O2/c17-14-12-8-4-5-9-13(12)15-10-16(14)11-6-2-1-3-7-11;1-2-5-3-4/h1-10,14,17H;3H,2H2,1H3. The largest absolute Gasteiger partial charge is 0.468 e. The first-order valence-electron chi connectivity index (χ1n) is 6.97. The number of ether oxygens (including phenoxy) is 1. The molecule has 0 saturated heterocycles. The van der Waals surface area contributed by atoms with E-state index in [2.05, 4.69) is 9.73 Å². The summed E-state index contributed by atoms with van der Waals surface area (Å²) in [7, 11) is 0. The lowest BCUT2D eigenvalue weighted by atomic mass is 10.1. The van der Waals surface area contributed by atoms with E-state index in [1.807, 2.05) is 54.6 Å². The van der Waals surface area contributed by atoms with Gasteiger partial charge >= 0.3 is 0 Å². The monoisotopic (exact) mass is 298 g/mol. The first-order chi connectivity index (χ1) is 10.8. The van der Waals surface area contributed by atoms with E-state index in [-0.39, 0.29) is 0 Å². The van der Waals surface area contributed by atoms with Crippen LogP contribution in [0.5, 0.6) is 0 Å². The Bertz CT molecular complexity index is 629. The van der Waals surface area contributed by atoms with Crippen molar-refractivity contribution in [2.75, 3.05) is 11.5 Å². The van der Waals surface area contributed by atoms with Crippen molar-refractivity contribution < 1.29 is 14.6 Å². The van der Waals surface area contributed by atoms with E-state index in [9.17, 15) is 9.90 Å². The van der Waals surface area contributed by atoms with Gasteiger partial charge in [-0.2, -0.15) is 0 Å². The molecule has 1 unspecified atom stereocenters. The number of hydrogen-bond acceptors (Lipinski definition) is 5. The highest BCUT2D eigenvalue weighted by Gasteiger charge is 2.22. The van der Waals surface area contributed by atoms with Gasteiger partial charge in [-0.3, -0.25) is 4.79 Å². The van der Waals surface area contributed by atoms with Gasteiger partial charge in [0.25, 0.3) is 6.47 Å². The summed E-state index contributed by atoms with van der Waals surface area (Å²) < 4.78 is 4.15. The number of carbonyl (C=O) groups is 1. The number of carbonyl (C=O) groups excluding carboxylic acids is 1. The molecule has 1 aliphatic rings. The van der Waals surface area contributed by atoms with Crippen molar-refractivity contribution in [3.8, 4) is 0 Å². The number of anilines is 1. The van der Waals surface area contributed by atoms with E-state index < -0.39 is 6.23 Å². The van der Waals surface area contributed by atoms with Crippen LogP contribution in [0.25, 0.3) is 0 Å². The van der Waals surface area contributed by atoms with Gasteiger partial charge in [0.05, 0.1) is 18.6 Å². The summed E-state index contributed by atoms with van der Waals surface area (Å²) in [6.07, 6.45) is 0.994. The van der Waals surface area contributed by atoms with E-state index in [0.717, 1.165) is 16.9 Å². The second-order valence-corrected chi connectivity index (χ2v) is 4.47. The molecule has 0 amide bonds. The molecule has 1 heterocycles. The molecule has 5 heteroatoms. The van der Waals surface area contributed by atoms with Crippen LogP contribution in [0.1, 0.15) is 18.7 Å². The molecule has 22 heavy (non-hydrogen) atoms. The Morgan fingerprint density at radius 2 is 1.86 bits per heavy atom. The van der Waals surface area contributed by atoms with Crippen LogP contribution in [0.3, 0.4) is 0 Å². The summed E-state index contributed by atoms with van der Waals surface area (Å²) in [5.74, 6) is 0. The molecule has 114 valence electrons. The van der Waals surface area contributed by atoms with Crippen LogP contribution in [-0.4, -0.2) is 24.5 Å². The average molecular weight is 298 g/mol. The lowest BCUT2D eigenvalue weighted by Crippen LogP contribution is -2.29. The molecular formula is C17H18N2O3. The fraction of sp³-hybridized carbons (Fsp3) is 0.176. The first kappa shape index (κ1) is 15.7. The second kappa shape index (κ2) is 7.95. The second-order valence-electron chi connectivity index (χ2n) is 4.47. The van der Waals surface area contributed by atoms with E-state index in [4.69, 9.17) is 0 Å². The molecule has 0 spiro atoms. The highest BCUT2D eigenvalue weighted by atomic mass is 16.5. The van der Waals surface area contributed by atoms with Crippen molar-refractivity contribution in [2.45, 2.75) is 13.2 Å². The zero-order valence-corrected chi connectivity index (χ0v) is 12.3. The lowest BCUT2D eigenvalue weighted by molar-refractivity contribution is -0.128. The van der Waals surface area contributed by atoms with Gasteiger partial charge < -0.3 is 14.7 Å². The summed E-state index contributed by atoms with van der Waals surface area (Å²) in [5, 5.41) is 10.3. The molecule has 0 saturated carbocycles. The van der Waals surface area contributed by atoms with Crippen LogP contribution < -0.4 is 4.90 Å². The third-order valence-electron chi connectivity index (χ3n) is 3.09. The predicted octanol–water partition coefficient (Wildman–Crippen LogP) is 3.04. The molecule has 1 N–H and O–H groups in total. The van der Waals surface area contributed by atoms with Gasteiger partial charge in [-0.05, 0) is 25.1 Å². The Morgan fingerprint density at radius 3 is 2.50 bits per heavy atom. The maximum Gasteiger partial charge on any atom is 0.293 e. The van der Waals surface area contributed by atoms with Gasteiger partial charge in [-0.25, -0.2) is 4.99 Å². The van der Waals surface area contributed by atoms with E-state index in [1.54, 1.807) is 18.2 Å². The minimum absolute atomic E-state index is 0.431. The third-order valence-corrected chi connectivity index (χ3v) is 3.09. The number of hydrogen-bond donors (Lipinski definition) is 1. The van der Waals surface area contributed by atoms with Crippen molar-refractivity contribution in [2.24, 2.45) is 4.99 Å². The molecule has 0 aromatic heterocycles. The highest BCUT2D eigenvalue weighted by molar-refractivity contribution is 5.85. The van der Waals surface area contributed by atoms with E-state index in [1.165, 1.54) is 0 Å². The quantitative estimate of drug-likeness (QED) is 0.885. The number of aliphatic hydroxyl groups excluding tert-OH is 1. The van der Waals surface area contributed by atoms with Crippen LogP contribution in [0.15, 0.2) is 59.6 Å². The van der Waals surface area contributed by atoms with Crippen molar-refractivity contribution in [1.29, 1.82) is 0 Å². The van der Waals surface area contributed by atoms with Crippen molar-refractivity contribution >= 4 is 24.2 Å². The minimum atomic E-state index is -0.675. The van der Waals surface area contributed by atoms with Gasteiger partial charge in [0, 0.05) is 11.3 Å². The summed E-state index contributed by atoms with van der Waals surface area (Å²) in [4.78, 5) is 15.3. The molecule has 0 fully saturated rings. The highest BCUT2D eigenvalue weighted by Crippen LogP contribution is 2.33. The summed E-state index contributed by atoms with van der Waals surface area (Å²) in [6.45, 7) is 2.66. The summed E-state index contributed by atoms with van der Waals surface area (Å²) in [6, 6.07) is 17.3. The molecular weight excluding hydrogens is 280 g/mol. The smallest absolute Gasteiger partial charge is 0.293 e. The fourth-order valence-electron chi connectivity index (χ4n) is 2.04. The Labute approximate surface area is 129 Å². The van der Waals surface area contributed by atoms with E-state index >= 15 is 0 Å². The number of aliphatic hydroxyl groups is 1. The predicted molar refractivity (Wildman–Crippen MR) is 86.2 cm³/mol. The Morgan fingerprint density at radius 1 is 1.18 bits per heavy atom. The molecule has 2 aromatic carbocycles. The number of fused-ring (bicyclic) bond motifs is 1. The van der Waals surface area contributed by atoms with Gasteiger partial charge in [0.15, 0.2) is 6.23 Å². The third kappa shape index (κ3) is 3.71. The van der Waals surface area contributed by atoms with Crippen molar-refractivity contribution in [3.05, 3.63) is 60.2 Å². The molecule has 1 aliphatic heterocycles. The maximum atomic E-state index is 10.3. The van der Waals surface area contributed by atoms with Crippen molar-refractivity contribution in [3.63, 3.8) is 0 Å². The molecule has 0 aliphatic carbocycles. The molecule has 5 nitrogen and oxygen atoms in total. The Balaban J connectivity index is 0.000000309. The molecule has 0 radical (unpaired) electrons. The Kier molecular flexibility index (Phi) is 5.68. The van der Waals surface area contributed by atoms with Crippen LogP contribution in [-0.2, 0) is 9.53 Å². The topological polar surface area (TPSA) is 62.1 Å². The first-order valence-corrected chi connectivity index (χ1v) is 6.97. The average Bonchev–Trinajstić information content (AvgIpc) is 2.58. The van der Waals surface area contributed by atoms with Gasteiger partial charge in [0.1, 0.15) is 0 Å². The van der Waals surface area contributed by atoms with Crippen molar-refractivity contribution in [1.82, 2.24) is 0 Å². The zero-order valence-electron chi connectivity index (χ0n) is 12.3. The zero-order chi connectivity index (χ0) is 15.8. The van der Waals surface area contributed by atoms with Gasteiger partial charge in [0.2, 0.25) is 0 Å². The summed E-state index contributed by atoms with van der Waals surface area (Å²) >= 11 is 0. The molecule has 1 atom stereocenters. The number of nitrogens with zero attached hydrogens (tertiary/aromatic N) is 2. The maximum absolute atomic E-state index is 10.3. The normalized spacial score (nSPS) is 15.4. The molecule has 0 bridgehead atoms. The number of aliphatic imine (C=N–C) groups is 1.